The van der Waals surface area contributed by atoms with Crippen LogP contribution in [0.4, 0.5) is 5.69 Å². The van der Waals surface area contributed by atoms with E-state index in [1.54, 1.807) is 12.1 Å². The Hall–Kier alpha value is -3.53. The molecular weight excluding hydrogens is 324 g/mol. The molecule has 4 aromatic rings. The van der Waals surface area contributed by atoms with Crippen LogP contribution in [0.1, 0.15) is 5.56 Å². The van der Waals surface area contributed by atoms with Gasteiger partial charge in [-0.3, -0.25) is 10.1 Å². The molecule has 0 unspecified atom stereocenters. The molecule has 0 atom stereocenters. The van der Waals surface area contributed by atoms with E-state index in [2.05, 4.69) is 34.9 Å². The van der Waals surface area contributed by atoms with Crippen molar-refractivity contribution in [3.05, 3.63) is 107 Å². The number of nitrogens with zero attached hydrogens (tertiary/aromatic N) is 2. The summed E-state index contributed by atoms with van der Waals surface area (Å²) in [5, 5.41) is 12.3. The summed E-state index contributed by atoms with van der Waals surface area (Å²) in [7, 11) is 0. The van der Waals surface area contributed by atoms with Crippen LogP contribution in [0.3, 0.4) is 0 Å². The van der Waals surface area contributed by atoms with Crippen LogP contribution in [0.15, 0.2) is 91.0 Å². The van der Waals surface area contributed by atoms with Crippen LogP contribution in [-0.2, 0) is 6.54 Å². The first kappa shape index (κ1) is 16.0. The molecule has 0 radical (unpaired) electrons. The first-order chi connectivity index (χ1) is 12.7. The van der Waals surface area contributed by atoms with Gasteiger partial charge in [-0.1, -0.05) is 48.5 Å². The number of rotatable bonds is 4. The number of hydrogen-bond acceptors (Lipinski definition) is 2. The summed E-state index contributed by atoms with van der Waals surface area (Å²) in [5.41, 5.74) is 4.17. The van der Waals surface area contributed by atoms with Gasteiger partial charge >= 0.3 is 0 Å². The number of aromatic nitrogens is 1. The van der Waals surface area contributed by atoms with Crippen molar-refractivity contribution in [1.29, 1.82) is 0 Å². The van der Waals surface area contributed by atoms with Crippen molar-refractivity contribution in [2.45, 2.75) is 6.54 Å². The van der Waals surface area contributed by atoms with Crippen LogP contribution in [0.25, 0.3) is 22.2 Å². The summed E-state index contributed by atoms with van der Waals surface area (Å²) in [4.78, 5) is 10.8. The van der Waals surface area contributed by atoms with E-state index in [-0.39, 0.29) is 10.6 Å². The van der Waals surface area contributed by atoms with Gasteiger partial charge in [-0.2, -0.15) is 4.57 Å². The van der Waals surface area contributed by atoms with Gasteiger partial charge in [0, 0.05) is 35.2 Å². The van der Waals surface area contributed by atoms with Gasteiger partial charge in [0.25, 0.3) is 5.69 Å². The molecule has 0 amide bonds. The van der Waals surface area contributed by atoms with E-state index in [4.69, 9.17) is 0 Å². The molecule has 0 fully saturated rings. The van der Waals surface area contributed by atoms with Crippen LogP contribution >= 0.6 is 0 Å². The van der Waals surface area contributed by atoms with Crippen molar-refractivity contribution in [1.82, 2.24) is 0 Å². The first-order valence-corrected chi connectivity index (χ1v) is 8.43. The Bertz CT molecular complexity index is 1090. The standard InChI is InChI=1S/C22H17N2O2/c25-24(26)20-11-6-10-19(15-20)22-14-13-18-9-4-5-12-21(18)23(22)16-17-7-2-1-3-8-17/h1-15H,16H2/q+1. The van der Waals surface area contributed by atoms with E-state index < -0.39 is 0 Å². The molecule has 4 rings (SSSR count). The topological polar surface area (TPSA) is 47.0 Å². The summed E-state index contributed by atoms with van der Waals surface area (Å²) < 4.78 is 2.21. The molecule has 3 aromatic carbocycles. The van der Waals surface area contributed by atoms with Crippen molar-refractivity contribution >= 4 is 16.6 Å². The number of non-ortho nitro benzene ring substituents is 1. The third-order valence-electron chi connectivity index (χ3n) is 4.48. The monoisotopic (exact) mass is 341 g/mol. The van der Waals surface area contributed by atoms with Crippen LogP contribution in [0.2, 0.25) is 0 Å². The summed E-state index contributed by atoms with van der Waals surface area (Å²) in [6.07, 6.45) is 0. The summed E-state index contributed by atoms with van der Waals surface area (Å²) >= 11 is 0. The third-order valence-corrected chi connectivity index (χ3v) is 4.48. The van der Waals surface area contributed by atoms with E-state index >= 15 is 0 Å². The Kier molecular flexibility index (Phi) is 4.15. The highest BCUT2D eigenvalue weighted by Crippen LogP contribution is 2.24. The Morgan fingerprint density at radius 3 is 2.38 bits per heavy atom. The summed E-state index contributed by atoms with van der Waals surface area (Å²) in [6.45, 7) is 0.695. The fourth-order valence-electron chi connectivity index (χ4n) is 3.23. The van der Waals surface area contributed by atoms with Crippen LogP contribution < -0.4 is 4.57 Å². The molecule has 0 saturated heterocycles. The van der Waals surface area contributed by atoms with Gasteiger partial charge in [0.05, 0.1) is 10.5 Å². The fourth-order valence-corrected chi connectivity index (χ4v) is 3.23. The highest BCUT2D eigenvalue weighted by molar-refractivity contribution is 5.77. The smallest absolute Gasteiger partial charge is 0.258 e. The van der Waals surface area contributed by atoms with Gasteiger partial charge < -0.3 is 0 Å². The maximum atomic E-state index is 11.2. The Morgan fingerprint density at radius 2 is 1.58 bits per heavy atom. The average Bonchev–Trinajstić information content (AvgIpc) is 2.69. The molecule has 26 heavy (non-hydrogen) atoms. The lowest BCUT2D eigenvalue weighted by Crippen LogP contribution is -2.37. The van der Waals surface area contributed by atoms with E-state index in [1.807, 2.05) is 42.5 Å². The zero-order valence-electron chi connectivity index (χ0n) is 14.1. The first-order valence-electron chi connectivity index (χ1n) is 8.43. The lowest BCUT2D eigenvalue weighted by atomic mass is 10.1. The molecule has 1 heterocycles. The lowest BCUT2D eigenvalue weighted by molar-refractivity contribution is -0.651. The van der Waals surface area contributed by atoms with Crippen molar-refractivity contribution in [3.8, 4) is 11.3 Å². The maximum Gasteiger partial charge on any atom is 0.270 e. The number of nitro groups is 1. The normalized spacial score (nSPS) is 10.8. The van der Waals surface area contributed by atoms with Crippen LogP contribution in [0, 0.1) is 10.1 Å². The van der Waals surface area contributed by atoms with E-state index in [0.717, 1.165) is 22.2 Å². The predicted octanol–water partition coefficient (Wildman–Crippen LogP) is 4.75. The van der Waals surface area contributed by atoms with Crippen molar-refractivity contribution in [2.24, 2.45) is 0 Å². The highest BCUT2D eigenvalue weighted by atomic mass is 16.6. The molecule has 0 spiro atoms. The quantitative estimate of drug-likeness (QED) is 0.305. The average molecular weight is 341 g/mol. The van der Waals surface area contributed by atoms with Crippen LogP contribution in [-0.4, -0.2) is 4.92 Å². The largest absolute Gasteiger partial charge is 0.270 e. The van der Waals surface area contributed by atoms with Gasteiger partial charge in [0.15, 0.2) is 6.54 Å². The molecule has 126 valence electrons. The fraction of sp³-hybridized carbons (Fsp3) is 0.0455. The lowest BCUT2D eigenvalue weighted by Gasteiger charge is -2.08. The van der Waals surface area contributed by atoms with E-state index in [1.165, 1.54) is 11.6 Å². The Morgan fingerprint density at radius 1 is 0.808 bits per heavy atom. The zero-order valence-corrected chi connectivity index (χ0v) is 14.1. The van der Waals surface area contributed by atoms with Gasteiger partial charge in [-0.05, 0) is 18.2 Å². The van der Waals surface area contributed by atoms with Crippen molar-refractivity contribution < 1.29 is 9.49 Å². The van der Waals surface area contributed by atoms with E-state index in [9.17, 15) is 10.1 Å². The number of nitro benzene ring substituents is 1. The second kappa shape index (κ2) is 6.76. The molecule has 1 aromatic heterocycles. The minimum absolute atomic E-state index is 0.0990. The van der Waals surface area contributed by atoms with Gasteiger partial charge in [-0.25, -0.2) is 0 Å². The maximum absolute atomic E-state index is 11.2. The summed E-state index contributed by atoms with van der Waals surface area (Å²) in [5.74, 6) is 0. The third kappa shape index (κ3) is 3.05. The number of pyridine rings is 1. The van der Waals surface area contributed by atoms with Gasteiger partial charge in [0.1, 0.15) is 0 Å². The highest BCUT2D eigenvalue weighted by Gasteiger charge is 2.19. The molecule has 0 aliphatic rings. The minimum atomic E-state index is -0.355. The molecule has 0 saturated carbocycles. The number of benzene rings is 3. The number of hydrogen-bond donors (Lipinski definition) is 0. The molecule has 4 heteroatoms. The van der Waals surface area contributed by atoms with Crippen LogP contribution in [0.5, 0.6) is 0 Å². The molecule has 0 bridgehead atoms. The summed E-state index contributed by atoms with van der Waals surface area (Å²) in [6, 6.07) is 29.3. The number of fused-ring (bicyclic) bond motifs is 1. The number of para-hydroxylation sites is 1. The molecule has 0 aliphatic carbocycles. The van der Waals surface area contributed by atoms with Crippen molar-refractivity contribution in [2.75, 3.05) is 0 Å². The molecule has 0 N–H and O–H groups in total. The molecule has 4 nitrogen and oxygen atoms in total. The molecular formula is C22H17N2O2+. The predicted molar refractivity (Wildman–Crippen MR) is 102 cm³/mol. The molecule has 0 aliphatic heterocycles. The minimum Gasteiger partial charge on any atom is -0.258 e. The SMILES string of the molecule is O=[N+]([O-])c1cccc(-c2ccc3ccccc3[n+]2Cc2ccccc2)c1. The zero-order chi connectivity index (χ0) is 17.9. The second-order valence-electron chi connectivity index (χ2n) is 6.16. The Labute approximate surface area is 151 Å². The Balaban J connectivity index is 1.93. The van der Waals surface area contributed by atoms with Gasteiger partial charge in [-0.15, -0.1) is 0 Å². The van der Waals surface area contributed by atoms with E-state index in [0.29, 0.717) is 6.54 Å². The second-order valence-corrected chi connectivity index (χ2v) is 6.16. The van der Waals surface area contributed by atoms with Gasteiger partial charge in [0.2, 0.25) is 11.2 Å². The van der Waals surface area contributed by atoms with Crippen molar-refractivity contribution in [3.63, 3.8) is 0 Å².